The van der Waals surface area contributed by atoms with Gasteiger partial charge in [0.1, 0.15) is 6.10 Å². The molecule has 7 nitrogen and oxygen atoms in total. The van der Waals surface area contributed by atoms with Gasteiger partial charge in [-0.2, -0.15) is 5.21 Å². The van der Waals surface area contributed by atoms with Crippen molar-refractivity contribution in [2.24, 2.45) is 0 Å². The number of nitrogens with zero attached hydrogens (tertiary/aromatic N) is 4. The maximum atomic E-state index is 12.7. The van der Waals surface area contributed by atoms with E-state index >= 15 is 0 Å². The monoisotopic (exact) mass is 349 g/mol. The molecule has 0 radical (unpaired) electrons. The second-order valence-electron chi connectivity index (χ2n) is 6.39. The Balaban J connectivity index is 1.50. The minimum atomic E-state index is -1.03. The van der Waals surface area contributed by atoms with Crippen molar-refractivity contribution in [3.63, 3.8) is 0 Å². The number of aromatic nitrogens is 4. The number of hydrogen-bond acceptors (Lipinski definition) is 5. The quantitative estimate of drug-likeness (QED) is 0.741. The van der Waals surface area contributed by atoms with Crippen molar-refractivity contribution in [3.05, 3.63) is 65.2 Å². The smallest absolute Gasteiger partial charge is 0.252 e. The zero-order valence-corrected chi connectivity index (χ0v) is 14.2. The van der Waals surface area contributed by atoms with Crippen LogP contribution in [-0.4, -0.2) is 49.2 Å². The molecule has 2 N–H and O–H groups in total. The fourth-order valence-electron chi connectivity index (χ4n) is 3.42. The third kappa shape index (κ3) is 3.21. The number of nitrogens with one attached hydrogen (secondary N) is 1. The van der Waals surface area contributed by atoms with Gasteiger partial charge in [-0.1, -0.05) is 48.5 Å². The van der Waals surface area contributed by atoms with E-state index in [4.69, 9.17) is 0 Å². The molecular weight excluding hydrogens is 330 g/mol. The highest BCUT2D eigenvalue weighted by Crippen LogP contribution is 2.28. The van der Waals surface area contributed by atoms with Crippen molar-refractivity contribution in [3.8, 4) is 11.4 Å². The SMILES string of the molecule is O=C([C@@H](O)Cc1ccccc1)N1CCc2c(cccc2-c2nn[nH]n2)C1. The highest BCUT2D eigenvalue weighted by Gasteiger charge is 2.27. The molecule has 0 aliphatic carbocycles. The first-order valence-electron chi connectivity index (χ1n) is 8.58. The van der Waals surface area contributed by atoms with Crippen LogP contribution >= 0.6 is 0 Å². The predicted octanol–water partition coefficient (Wildman–Crippen LogP) is 1.35. The number of rotatable bonds is 4. The zero-order chi connectivity index (χ0) is 17.9. The number of tetrazole rings is 1. The number of aliphatic hydroxyl groups excluding tert-OH is 1. The molecule has 7 heteroatoms. The van der Waals surface area contributed by atoms with Gasteiger partial charge in [0.05, 0.1) is 0 Å². The topological polar surface area (TPSA) is 95.0 Å². The molecule has 1 atom stereocenters. The van der Waals surface area contributed by atoms with E-state index in [0.717, 1.165) is 22.3 Å². The first kappa shape index (κ1) is 16.4. The van der Waals surface area contributed by atoms with E-state index in [2.05, 4.69) is 20.6 Å². The Bertz CT molecular complexity index is 896. The van der Waals surface area contributed by atoms with E-state index in [-0.39, 0.29) is 5.91 Å². The lowest BCUT2D eigenvalue weighted by atomic mass is 9.93. The third-order valence-electron chi connectivity index (χ3n) is 4.72. The lowest BCUT2D eigenvalue weighted by molar-refractivity contribution is -0.141. The molecule has 2 aromatic carbocycles. The molecule has 0 saturated heterocycles. The normalized spacial score (nSPS) is 14.7. The molecule has 26 heavy (non-hydrogen) atoms. The van der Waals surface area contributed by atoms with Crippen LogP contribution in [0.2, 0.25) is 0 Å². The number of benzene rings is 2. The van der Waals surface area contributed by atoms with Gasteiger partial charge < -0.3 is 10.0 Å². The van der Waals surface area contributed by atoms with Crippen molar-refractivity contribution in [2.75, 3.05) is 6.54 Å². The van der Waals surface area contributed by atoms with Crippen LogP contribution in [-0.2, 0) is 24.2 Å². The minimum Gasteiger partial charge on any atom is -0.383 e. The molecule has 0 spiro atoms. The van der Waals surface area contributed by atoms with Gasteiger partial charge in [-0.3, -0.25) is 4.79 Å². The largest absolute Gasteiger partial charge is 0.383 e. The van der Waals surface area contributed by atoms with Crippen LogP contribution in [0.15, 0.2) is 48.5 Å². The maximum Gasteiger partial charge on any atom is 0.252 e. The molecule has 0 bridgehead atoms. The predicted molar refractivity (Wildman–Crippen MR) is 94.9 cm³/mol. The number of hydrogen-bond donors (Lipinski definition) is 2. The zero-order valence-electron chi connectivity index (χ0n) is 14.2. The number of amides is 1. The number of aromatic amines is 1. The fourth-order valence-corrected chi connectivity index (χ4v) is 3.42. The third-order valence-corrected chi connectivity index (χ3v) is 4.72. The molecule has 1 amide bonds. The molecule has 1 aliphatic heterocycles. The van der Waals surface area contributed by atoms with Gasteiger partial charge in [-0.25, -0.2) is 0 Å². The highest BCUT2D eigenvalue weighted by atomic mass is 16.3. The van der Waals surface area contributed by atoms with Crippen LogP contribution in [0.3, 0.4) is 0 Å². The second kappa shape index (κ2) is 7.05. The molecule has 0 unspecified atom stereocenters. The Kier molecular flexibility index (Phi) is 4.45. The lowest BCUT2D eigenvalue weighted by Gasteiger charge is -2.31. The number of aliphatic hydroxyl groups is 1. The van der Waals surface area contributed by atoms with E-state index in [1.807, 2.05) is 48.5 Å². The van der Waals surface area contributed by atoms with E-state index in [1.165, 1.54) is 0 Å². The molecule has 2 heterocycles. The van der Waals surface area contributed by atoms with Crippen molar-refractivity contribution in [2.45, 2.75) is 25.5 Å². The molecule has 4 rings (SSSR count). The average molecular weight is 349 g/mol. The van der Waals surface area contributed by atoms with Gasteiger partial charge in [0.15, 0.2) is 0 Å². The molecule has 3 aromatic rings. The Morgan fingerprint density at radius 2 is 2.04 bits per heavy atom. The van der Waals surface area contributed by atoms with Gasteiger partial charge in [-0.05, 0) is 28.3 Å². The van der Waals surface area contributed by atoms with Gasteiger partial charge >= 0.3 is 0 Å². The van der Waals surface area contributed by atoms with Gasteiger partial charge in [0, 0.05) is 25.1 Å². The highest BCUT2D eigenvalue weighted by molar-refractivity contribution is 5.81. The first-order valence-corrected chi connectivity index (χ1v) is 8.58. The first-order chi connectivity index (χ1) is 12.7. The van der Waals surface area contributed by atoms with E-state index < -0.39 is 6.10 Å². The summed E-state index contributed by atoms with van der Waals surface area (Å²) in [6.07, 6.45) is -0.00480. The number of fused-ring (bicyclic) bond motifs is 1. The van der Waals surface area contributed by atoms with Crippen LogP contribution in [0.4, 0.5) is 0 Å². The van der Waals surface area contributed by atoms with Crippen LogP contribution in [0.1, 0.15) is 16.7 Å². The summed E-state index contributed by atoms with van der Waals surface area (Å²) in [4.78, 5) is 14.4. The van der Waals surface area contributed by atoms with Gasteiger partial charge in [0.25, 0.3) is 5.91 Å². The van der Waals surface area contributed by atoms with Crippen LogP contribution in [0.25, 0.3) is 11.4 Å². The van der Waals surface area contributed by atoms with Crippen molar-refractivity contribution in [1.82, 2.24) is 25.5 Å². The fraction of sp³-hybridized carbons (Fsp3) is 0.263. The molecule has 1 aliphatic rings. The standard InChI is InChI=1S/C19H19N5O2/c25-17(11-13-5-2-1-3-6-13)19(26)24-10-9-15-14(12-24)7-4-8-16(15)18-20-22-23-21-18/h1-8,17,25H,9-12H2,(H,20,21,22,23)/t17-/m0/s1. The second-order valence-corrected chi connectivity index (χ2v) is 6.39. The number of carbonyl (C=O) groups is 1. The van der Waals surface area contributed by atoms with Gasteiger partial charge in [0.2, 0.25) is 5.82 Å². The molecule has 0 fully saturated rings. The summed E-state index contributed by atoms with van der Waals surface area (Å²) in [6, 6.07) is 15.5. The summed E-state index contributed by atoms with van der Waals surface area (Å²) in [5.41, 5.74) is 4.08. The van der Waals surface area contributed by atoms with Crippen LogP contribution < -0.4 is 0 Å². The number of H-pyrrole nitrogens is 1. The summed E-state index contributed by atoms with van der Waals surface area (Å²) < 4.78 is 0. The Morgan fingerprint density at radius 3 is 2.81 bits per heavy atom. The van der Waals surface area contributed by atoms with Crippen molar-refractivity contribution >= 4 is 5.91 Å². The van der Waals surface area contributed by atoms with E-state index in [9.17, 15) is 9.90 Å². The lowest BCUT2D eigenvalue weighted by Crippen LogP contribution is -2.43. The van der Waals surface area contributed by atoms with Crippen molar-refractivity contribution < 1.29 is 9.90 Å². The van der Waals surface area contributed by atoms with Crippen LogP contribution in [0, 0.1) is 0 Å². The van der Waals surface area contributed by atoms with E-state index in [1.54, 1.807) is 4.90 Å². The maximum absolute atomic E-state index is 12.7. The number of carbonyl (C=O) groups excluding carboxylic acids is 1. The van der Waals surface area contributed by atoms with Crippen molar-refractivity contribution in [1.29, 1.82) is 0 Å². The molecular formula is C19H19N5O2. The van der Waals surface area contributed by atoms with Crippen LogP contribution in [0.5, 0.6) is 0 Å². The molecule has 1 aromatic heterocycles. The Labute approximate surface area is 150 Å². The summed E-state index contributed by atoms with van der Waals surface area (Å²) >= 11 is 0. The summed E-state index contributed by atoms with van der Waals surface area (Å²) in [6.45, 7) is 1.04. The minimum absolute atomic E-state index is 0.232. The summed E-state index contributed by atoms with van der Waals surface area (Å²) in [5, 5.41) is 24.6. The molecule has 0 saturated carbocycles. The average Bonchev–Trinajstić information content (AvgIpc) is 3.22. The molecule has 132 valence electrons. The Hall–Kier alpha value is -3.06. The summed E-state index contributed by atoms with van der Waals surface area (Å²) in [5.74, 6) is 0.329. The Morgan fingerprint density at radius 1 is 1.19 bits per heavy atom. The van der Waals surface area contributed by atoms with Gasteiger partial charge in [-0.15, -0.1) is 10.2 Å². The van der Waals surface area contributed by atoms with E-state index in [0.29, 0.717) is 31.8 Å². The summed E-state index contributed by atoms with van der Waals surface area (Å²) in [7, 11) is 0.